The number of carbonyl (C=O) groups is 1. The lowest BCUT2D eigenvalue weighted by atomic mass is 9.78. The van der Waals surface area contributed by atoms with E-state index in [0.717, 1.165) is 32.4 Å². The molecule has 1 saturated heterocycles. The van der Waals surface area contributed by atoms with Crippen molar-refractivity contribution in [1.82, 2.24) is 15.1 Å². The lowest BCUT2D eigenvalue weighted by Gasteiger charge is -2.47. The summed E-state index contributed by atoms with van der Waals surface area (Å²) in [4.78, 5) is 18.1. The molecule has 1 amide bonds. The van der Waals surface area contributed by atoms with Crippen LogP contribution in [0.4, 0.5) is 0 Å². The first-order chi connectivity index (χ1) is 14.5. The van der Waals surface area contributed by atoms with Gasteiger partial charge in [0.25, 0.3) is 0 Å². The average molecular weight is 408 g/mol. The molecule has 4 nitrogen and oxygen atoms in total. The van der Waals surface area contributed by atoms with Crippen molar-refractivity contribution in [1.29, 1.82) is 0 Å². The summed E-state index contributed by atoms with van der Waals surface area (Å²) in [6, 6.07) is 21.3. The SMILES string of the molecule is CCC(c1ccccc1)C(CNC)C(=O)N1CCC(c2ccccc2)(N(C)C)CC1. The van der Waals surface area contributed by atoms with Gasteiger partial charge in [0.2, 0.25) is 5.91 Å². The predicted octanol–water partition coefficient (Wildman–Crippen LogP) is 4.10. The van der Waals surface area contributed by atoms with Crippen molar-refractivity contribution in [2.24, 2.45) is 5.92 Å². The first-order valence-electron chi connectivity index (χ1n) is 11.2. The Kier molecular flexibility index (Phi) is 7.68. The highest BCUT2D eigenvalue weighted by Crippen LogP contribution is 2.38. The smallest absolute Gasteiger partial charge is 0.227 e. The Bertz CT molecular complexity index is 782. The van der Waals surface area contributed by atoms with Crippen LogP contribution in [0.5, 0.6) is 0 Å². The van der Waals surface area contributed by atoms with Gasteiger partial charge in [-0.25, -0.2) is 0 Å². The lowest BCUT2D eigenvalue weighted by molar-refractivity contribution is -0.139. The van der Waals surface area contributed by atoms with Gasteiger partial charge >= 0.3 is 0 Å². The number of piperidine rings is 1. The fourth-order valence-electron chi connectivity index (χ4n) is 5.15. The number of nitrogens with zero attached hydrogens (tertiary/aromatic N) is 2. The number of nitrogens with one attached hydrogen (secondary N) is 1. The predicted molar refractivity (Wildman–Crippen MR) is 125 cm³/mol. The molecule has 4 heteroatoms. The Morgan fingerprint density at radius 1 is 1.03 bits per heavy atom. The number of hydrogen-bond donors (Lipinski definition) is 1. The number of rotatable bonds is 8. The molecule has 2 aromatic rings. The third kappa shape index (κ3) is 4.60. The third-order valence-corrected chi connectivity index (χ3v) is 6.96. The number of amides is 1. The minimum atomic E-state index is -0.0361. The second-order valence-corrected chi connectivity index (χ2v) is 8.71. The van der Waals surface area contributed by atoms with E-state index in [1.165, 1.54) is 11.1 Å². The van der Waals surface area contributed by atoms with Crippen molar-refractivity contribution < 1.29 is 4.79 Å². The molecule has 1 fully saturated rings. The van der Waals surface area contributed by atoms with Gasteiger partial charge in [-0.1, -0.05) is 67.6 Å². The van der Waals surface area contributed by atoms with Crippen LogP contribution in [-0.4, -0.2) is 56.5 Å². The van der Waals surface area contributed by atoms with Crippen LogP contribution in [0.3, 0.4) is 0 Å². The van der Waals surface area contributed by atoms with E-state index in [4.69, 9.17) is 0 Å². The largest absolute Gasteiger partial charge is 0.342 e. The molecule has 0 aliphatic carbocycles. The fraction of sp³-hybridized carbons (Fsp3) is 0.500. The summed E-state index contributed by atoms with van der Waals surface area (Å²) in [5, 5.41) is 3.28. The van der Waals surface area contributed by atoms with Crippen molar-refractivity contribution in [3.05, 3.63) is 71.8 Å². The van der Waals surface area contributed by atoms with E-state index >= 15 is 0 Å². The molecule has 2 atom stereocenters. The van der Waals surface area contributed by atoms with Gasteiger partial charge in [0.1, 0.15) is 0 Å². The number of likely N-dealkylation sites (tertiary alicyclic amines) is 1. The van der Waals surface area contributed by atoms with Crippen molar-refractivity contribution >= 4 is 5.91 Å². The normalized spacial score (nSPS) is 18.2. The summed E-state index contributed by atoms with van der Waals surface area (Å²) in [7, 11) is 6.27. The topological polar surface area (TPSA) is 35.6 Å². The summed E-state index contributed by atoms with van der Waals surface area (Å²) in [5.41, 5.74) is 2.61. The molecule has 0 aromatic heterocycles. The highest BCUT2D eigenvalue weighted by atomic mass is 16.2. The highest BCUT2D eigenvalue weighted by molar-refractivity contribution is 5.80. The number of benzene rings is 2. The summed E-state index contributed by atoms with van der Waals surface area (Å²) < 4.78 is 0. The molecule has 0 spiro atoms. The molecular formula is C26H37N3O. The molecule has 0 bridgehead atoms. The van der Waals surface area contributed by atoms with Gasteiger partial charge in [-0.2, -0.15) is 0 Å². The van der Waals surface area contributed by atoms with E-state index in [2.05, 4.69) is 90.7 Å². The zero-order chi connectivity index (χ0) is 21.6. The Balaban J connectivity index is 1.78. The maximum Gasteiger partial charge on any atom is 0.227 e. The van der Waals surface area contributed by atoms with Crippen molar-refractivity contribution in [3.63, 3.8) is 0 Å². The summed E-state index contributed by atoms with van der Waals surface area (Å²) in [6.07, 6.45) is 2.88. The lowest BCUT2D eigenvalue weighted by Crippen LogP contribution is -2.53. The molecule has 3 rings (SSSR count). The molecule has 0 radical (unpaired) electrons. The van der Waals surface area contributed by atoms with Gasteiger partial charge in [0.15, 0.2) is 0 Å². The molecule has 1 aliphatic rings. The summed E-state index contributed by atoms with van der Waals surface area (Å²) >= 11 is 0. The third-order valence-electron chi connectivity index (χ3n) is 6.96. The van der Waals surface area contributed by atoms with E-state index in [9.17, 15) is 4.79 Å². The first kappa shape index (κ1) is 22.5. The molecule has 30 heavy (non-hydrogen) atoms. The van der Waals surface area contributed by atoms with Gasteiger partial charge < -0.3 is 10.2 Å². The molecular weight excluding hydrogens is 370 g/mol. The zero-order valence-electron chi connectivity index (χ0n) is 19.0. The van der Waals surface area contributed by atoms with Gasteiger partial charge in [-0.3, -0.25) is 9.69 Å². The standard InChI is InChI=1S/C26H37N3O/c1-5-23(21-12-8-6-9-13-21)24(20-27-2)25(30)29-18-16-26(17-19-29,28(3)4)22-14-10-7-11-15-22/h6-15,23-24,27H,5,16-20H2,1-4H3. The van der Waals surface area contributed by atoms with Gasteiger partial charge in [-0.05, 0) is 57.5 Å². The molecule has 0 saturated carbocycles. The van der Waals surface area contributed by atoms with E-state index in [0.29, 0.717) is 12.5 Å². The summed E-state index contributed by atoms with van der Waals surface area (Å²) in [6.45, 7) is 4.51. The van der Waals surface area contributed by atoms with Crippen LogP contribution in [0.2, 0.25) is 0 Å². The van der Waals surface area contributed by atoms with Crippen LogP contribution in [0.25, 0.3) is 0 Å². The van der Waals surface area contributed by atoms with Crippen LogP contribution in [0, 0.1) is 5.92 Å². The monoisotopic (exact) mass is 407 g/mol. The van der Waals surface area contributed by atoms with Crippen LogP contribution in [-0.2, 0) is 10.3 Å². The highest BCUT2D eigenvalue weighted by Gasteiger charge is 2.41. The Morgan fingerprint density at radius 2 is 1.60 bits per heavy atom. The second kappa shape index (κ2) is 10.2. The molecule has 162 valence electrons. The van der Waals surface area contributed by atoms with Crippen molar-refractivity contribution in [2.45, 2.75) is 37.6 Å². The van der Waals surface area contributed by atoms with Crippen LogP contribution in [0.1, 0.15) is 43.2 Å². The van der Waals surface area contributed by atoms with E-state index < -0.39 is 0 Å². The Labute approximate surface area is 182 Å². The van der Waals surface area contributed by atoms with E-state index in [1.807, 2.05) is 13.1 Å². The summed E-state index contributed by atoms with van der Waals surface area (Å²) in [5.74, 6) is 0.493. The minimum absolute atomic E-state index is 0.000130. The molecule has 1 aliphatic heterocycles. The van der Waals surface area contributed by atoms with Gasteiger partial charge in [0.05, 0.1) is 5.92 Å². The first-order valence-corrected chi connectivity index (χ1v) is 11.2. The average Bonchev–Trinajstić information content (AvgIpc) is 2.80. The number of carbonyl (C=O) groups excluding carboxylic acids is 1. The van der Waals surface area contributed by atoms with E-state index in [-0.39, 0.29) is 17.4 Å². The Morgan fingerprint density at radius 3 is 2.10 bits per heavy atom. The maximum atomic E-state index is 13.7. The zero-order valence-corrected chi connectivity index (χ0v) is 19.0. The number of hydrogen-bond acceptors (Lipinski definition) is 3. The van der Waals surface area contributed by atoms with Crippen LogP contribution < -0.4 is 5.32 Å². The fourth-order valence-corrected chi connectivity index (χ4v) is 5.15. The second-order valence-electron chi connectivity index (χ2n) is 8.71. The van der Waals surface area contributed by atoms with Crippen molar-refractivity contribution in [3.8, 4) is 0 Å². The van der Waals surface area contributed by atoms with Gasteiger partial charge in [-0.15, -0.1) is 0 Å². The molecule has 2 unspecified atom stereocenters. The molecule has 2 aromatic carbocycles. The minimum Gasteiger partial charge on any atom is -0.342 e. The van der Waals surface area contributed by atoms with Crippen molar-refractivity contribution in [2.75, 3.05) is 40.8 Å². The van der Waals surface area contributed by atoms with E-state index in [1.54, 1.807) is 0 Å². The Hall–Kier alpha value is -2.17. The maximum absolute atomic E-state index is 13.7. The van der Waals surface area contributed by atoms with Crippen LogP contribution in [0.15, 0.2) is 60.7 Å². The quantitative estimate of drug-likeness (QED) is 0.716. The molecule has 1 N–H and O–H groups in total. The molecule has 1 heterocycles. The van der Waals surface area contributed by atoms with Gasteiger partial charge in [0, 0.05) is 25.2 Å². The van der Waals surface area contributed by atoms with Crippen LogP contribution >= 0.6 is 0 Å².